The van der Waals surface area contributed by atoms with Crippen molar-refractivity contribution in [2.45, 2.75) is 49.5 Å². The number of halogens is 10. The van der Waals surface area contributed by atoms with Gasteiger partial charge < -0.3 is 25.2 Å². The number of thioether (sulfide) groups is 2. The Kier molecular flexibility index (Phi) is 20.2. The van der Waals surface area contributed by atoms with Crippen LogP contribution in [0.2, 0.25) is 10.0 Å². The number of hydrogen-bond donors (Lipinski definition) is 4. The third-order valence-electron chi connectivity index (χ3n) is 9.81. The van der Waals surface area contributed by atoms with E-state index in [2.05, 4.69) is 9.98 Å². The van der Waals surface area contributed by atoms with Crippen molar-refractivity contribution in [1.82, 2.24) is 28.1 Å². The highest BCUT2D eigenvalue weighted by Crippen LogP contribution is 2.38. The molecule has 36 heteroatoms. The number of amidine groups is 2. The molecular formula is C42H34Cl2F8N8O16S2. The maximum atomic E-state index is 14.8. The summed E-state index contributed by atoms with van der Waals surface area (Å²) in [5, 5.41) is 30.8. The molecule has 2 aliphatic rings. The summed E-state index contributed by atoms with van der Waals surface area (Å²) in [5.74, 6) is -9.98. The smallest absolute Gasteiger partial charge is 0.431 e. The Labute approximate surface area is 446 Å². The molecule has 2 aliphatic heterocycles. The average Bonchev–Trinajstić information content (AvgIpc) is 3.74. The van der Waals surface area contributed by atoms with Crippen LogP contribution in [0.4, 0.5) is 46.5 Å². The monoisotopic (exact) mass is 1190 g/mol. The van der Waals surface area contributed by atoms with Gasteiger partial charge in [0, 0.05) is 33.2 Å². The summed E-state index contributed by atoms with van der Waals surface area (Å²) in [5.41, 5.74) is -11.5. The van der Waals surface area contributed by atoms with Crippen LogP contribution >= 0.6 is 46.7 Å². The maximum absolute atomic E-state index is 14.8. The molecule has 0 spiro atoms. The second-order valence-corrected chi connectivity index (χ2v) is 18.5. The number of amides is 2. The molecule has 24 nitrogen and oxygen atoms in total. The molecule has 420 valence electrons. The fourth-order valence-electron chi connectivity index (χ4n) is 6.54. The predicted octanol–water partition coefficient (Wildman–Crippen LogP) is 4.25. The fourth-order valence-corrected chi connectivity index (χ4v) is 9.21. The molecule has 0 bridgehead atoms. The molecule has 2 aromatic carbocycles. The van der Waals surface area contributed by atoms with Crippen LogP contribution in [0.3, 0.4) is 0 Å². The standard InChI is InChI=1S/C21H17ClF4N4O7S.C19H13ClF4N4O7S.C2H4O2/c1-3-37-17(34)8-29-18(35)13(6-16(32)33)38-19(29)27-11-5-12(10(23)4-9(11)22)30-15(31)7-14(21(24,25)26)28(2)20(30)36;1-26-12(19(22,23)24)5-13(29)28(18(26)35)10-3-9(7(20)2-8(10)21)25-17-27(6-15(32)33)16(34)11(36-17)4-14(30)31;1-2(3)4/h4-5,7,13H,3,6,8H2,1-2H3,(H,32,33);2-3,5,11H,4,6H2,1H3,(H,30,31)(H,32,33);1H3,(H,3,4). The lowest BCUT2D eigenvalue weighted by Crippen LogP contribution is -2.41. The predicted molar refractivity (Wildman–Crippen MR) is 257 cm³/mol. The Bertz CT molecular complexity index is 3450. The van der Waals surface area contributed by atoms with E-state index >= 15 is 0 Å². The van der Waals surface area contributed by atoms with Crippen LogP contribution in [-0.2, 0) is 64.7 Å². The number of nitrogens with zero attached hydrogens (tertiary/aromatic N) is 8. The van der Waals surface area contributed by atoms with Crippen molar-refractivity contribution >= 4 is 110 Å². The lowest BCUT2D eigenvalue weighted by atomic mass is 10.2. The number of benzene rings is 2. The number of aliphatic imine (C=N–C) groups is 2. The molecule has 2 aromatic heterocycles. The fraction of sp³-hybridized carbons (Fsp3) is 0.310. The van der Waals surface area contributed by atoms with Gasteiger partial charge in [0.2, 0.25) is 11.8 Å². The molecule has 2 atom stereocenters. The quantitative estimate of drug-likeness (QED) is 0.107. The van der Waals surface area contributed by atoms with Gasteiger partial charge >= 0.3 is 47.6 Å². The second-order valence-electron chi connectivity index (χ2n) is 15.4. The Hall–Kier alpha value is -7.85. The van der Waals surface area contributed by atoms with E-state index < -0.39 is 152 Å². The minimum atomic E-state index is -5.05. The number of esters is 1. The zero-order valence-corrected chi connectivity index (χ0v) is 42.7. The number of aromatic nitrogens is 4. The summed E-state index contributed by atoms with van der Waals surface area (Å²) < 4.78 is 114. The SMILES string of the molecule is CC(=O)O.CCOC(=O)CN1C(=O)C(CC(=O)O)SC1=Nc1cc(-n2c(=O)cc(C(F)(F)F)n(C)c2=O)c(F)cc1Cl.Cn1c(C(F)(F)F)cc(=O)n(-c2cc(N=C3SC(CC(=O)O)C(=O)N3CC(=O)O)c(Cl)cc2F)c1=O. The van der Waals surface area contributed by atoms with Crippen LogP contribution in [0.15, 0.2) is 65.6 Å². The number of carbonyl (C=O) groups is 7. The van der Waals surface area contributed by atoms with Crippen molar-refractivity contribution in [1.29, 1.82) is 0 Å². The molecule has 2 unspecified atom stereocenters. The van der Waals surface area contributed by atoms with Gasteiger partial charge in [-0.3, -0.25) is 62.1 Å². The molecule has 4 N–H and O–H groups in total. The van der Waals surface area contributed by atoms with E-state index in [0.29, 0.717) is 40.6 Å². The van der Waals surface area contributed by atoms with Gasteiger partial charge in [0.05, 0.1) is 52.2 Å². The van der Waals surface area contributed by atoms with E-state index in [1.54, 1.807) is 0 Å². The van der Waals surface area contributed by atoms with Crippen LogP contribution in [0.25, 0.3) is 11.4 Å². The molecular weight excluding hydrogens is 1160 g/mol. The van der Waals surface area contributed by atoms with Gasteiger partial charge in [0.15, 0.2) is 10.3 Å². The zero-order chi connectivity index (χ0) is 59.2. The topological polar surface area (TPSA) is 329 Å². The highest BCUT2D eigenvalue weighted by molar-refractivity contribution is 8.15. The van der Waals surface area contributed by atoms with E-state index in [4.69, 9.17) is 53.2 Å². The summed E-state index contributed by atoms with van der Waals surface area (Å²) in [7, 11) is 1.47. The van der Waals surface area contributed by atoms with Crippen LogP contribution in [0.1, 0.15) is 38.1 Å². The third kappa shape index (κ3) is 15.0. The summed E-state index contributed by atoms with van der Waals surface area (Å²) in [6.45, 7) is 1.06. The van der Waals surface area contributed by atoms with Gasteiger partial charge in [-0.2, -0.15) is 26.3 Å². The minimum Gasteiger partial charge on any atom is -0.481 e. The summed E-state index contributed by atoms with van der Waals surface area (Å²) in [4.78, 5) is 139. The molecule has 0 radical (unpaired) electrons. The number of rotatable bonds is 13. The molecule has 2 fully saturated rings. The largest absolute Gasteiger partial charge is 0.481 e. The third-order valence-corrected chi connectivity index (χ3v) is 12.8. The first-order valence-corrected chi connectivity index (χ1v) is 23.4. The van der Waals surface area contributed by atoms with E-state index in [1.807, 2.05) is 0 Å². The molecule has 78 heavy (non-hydrogen) atoms. The second kappa shape index (κ2) is 25.1. The van der Waals surface area contributed by atoms with Gasteiger partial charge in [0.1, 0.15) is 46.6 Å². The summed E-state index contributed by atoms with van der Waals surface area (Å²) in [6, 6.07) is 3.00. The van der Waals surface area contributed by atoms with E-state index in [9.17, 15) is 83.1 Å². The minimum absolute atomic E-state index is 0.0109. The van der Waals surface area contributed by atoms with Crippen molar-refractivity contribution in [2.75, 3.05) is 19.7 Å². The summed E-state index contributed by atoms with van der Waals surface area (Å²) >= 11 is 13.3. The van der Waals surface area contributed by atoms with E-state index in [0.717, 1.165) is 38.1 Å². The molecule has 4 heterocycles. The van der Waals surface area contributed by atoms with Gasteiger partial charge in [-0.25, -0.2) is 37.5 Å². The Morgan fingerprint density at radius 3 is 1.27 bits per heavy atom. The van der Waals surface area contributed by atoms with Crippen LogP contribution in [0, 0.1) is 11.6 Å². The lowest BCUT2D eigenvalue weighted by Gasteiger charge is -2.16. The van der Waals surface area contributed by atoms with Crippen LogP contribution in [-0.4, -0.2) is 131 Å². The normalized spacial score (nSPS) is 16.4. The van der Waals surface area contributed by atoms with E-state index in [1.165, 1.54) is 6.92 Å². The van der Waals surface area contributed by atoms with Gasteiger partial charge in [0.25, 0.3) is 17.1 Å². The average molecular weight is 1190 g/mol. The number of ether oxygens (including phenoxy) is 1. The van der Waals surface area contributed by atoms with Gasteiger partial charge in [-0.1, -0.05) is 46.7 Å². The highest BCUT2D eigenvalue weighted by atomic mass is 35.5. The number of carbonyl (C=O) groups excluding carboxylic acids is 3. The first-order valence-electron chi connectivity index (χ1n) is 20.9. The molecule has 2 saturated heterocycles. The molecule has 6 rings (SSSR count). The first-order chi connectivity index (χ1) is 36.0. The lowest BCUT2D eigenvalue weighted by molar-refractivity contribution is -0.146. The van der Waals surface area contributed by atoms with Crippen molar-refractivity contribution in [3.63, 3.8) is 0 Å². The number of carboxylic acid groups (broad SMARTS) is 4. The first kappa shape index (κ1) is 62.7. The number of alkyl halides is 6. The number of carboxylic acids is 4. The van der Waals surface area contributed by atoms with Crippen molar-refractivity contribution < 1.29 is 93.8 Å². The molecule has 0 aliphatic carbocycles. The van der Waals surface area contributed by atoms with Crippen LogP contribution in [0.5, 0.6) is 0 Å². The number of aliphatic carboxylic acids is 4. The number of hydrogen-bond acceptors (Lipinski definition) is 16. The van der Waals surface area contributed by atoms with Crippen LogP contribution < -0.4 is 22.5 Å². The van der Waals surface area contributed by atoms with Gasteiger partial charge in [-0.05, 0) is 31.2 Å². The Morgan fingerprint density at radius 1 is 0.615 bits per heavy atom. The Balaban J connectivity index is 0.000000315. The summed E-state index contributed by atoms with van der Waals surface area (Å²) in [6.07, 6.45) is -11.4. The van der Waals surface area contributed by atoms with Crippen molar-refractivity contribution in [3.8, 4) is 11.4 Å². The Morgan fingerprint density at radius 2 is 0.962 bits per heavy atom. The van der Waals surface area contributed by atoms with Crippen molar-refractivity contribution in [3.05, 3.63) is 111 Å². The molecule has 0 saturated carbocycles. The molecule has 4 aromatic rings. The van der Waals surface area contributed by atoms with E-state index in [-0.39, 0.29) is 63.7 Å². The highest BCUT2D eigenvalue weighted by Gasteiger charge is 2.42. The zero-order valence-electron chi connectivity index (χ0n) is 39.5. The van der Waals surface area contributed by atoms with Crippen molar-refractivity contribution in [2.24, 2.45) is 24.1 Å². The maximum Gasteiger partial charge on any atom is 0.431 e. The van der Waals surface area contributed by atoms with Gasteiger partial charge in [-0.15, -0.1) is 0 Å². The molecule has 2 amide bonds.